The number of benzene rings is 1. The Morgan fingerprint density at radius 3 is 2.51 bits per heavy atom. The molecule has 5 heterocycles. The minimum atomic E-state index is -0.759. The van der Waals surface area contributed by atoms with Crippen LogP contribution in [-0.4, -0.2) is 65.5 Å². The SMILES string of the molecule is CCOc1cc2c(Nc3ccc(O[C@H]4[C@@H]([C@H]5COC(C)(C)O5)OC5OC(C)(C)O[C@@H]54)cc3)ccnc2nc1C. The smallest absolute Gasteiger partial charge is 0.191 e. The van der Waals surface area contributed by atoms with Crippen LogP contribution in [-0.2, 0) is 23.7 Å². The molecule has 5 atom stereocenters. The number of anilines is 2. The summed E-state index contributed by atoms with van der Waals surface area (Å²) in [6, 6.07) is 11.7. The van der Waals surface area contributed by atoms with Gasteiger partial charge in [-0.1, -0.05) is 0 Å². The maximum absolute atomic E-state index is 6.48. The van der Waals surface area contributed by atoms with Gasteiger partial charge in [0.25, 0.3) is 0 Å². The molecule has 0 aliphatic carbocycles. The highest BCUT2D eigenvalue weighted by Crippen LogP contribution is 2.42. The summed E-state index contributed by atoms with van der Waals surface area (Å²) in [5.41, 5.74) is 3.24. The van der Waals surface area contributed by atoms with Crippen LogP contribution in [0.15, 0.2) is 42.6 Å². The van der Waals surface area contributed by atoms with Crippen LogP contribution in [0.25, 0.3) is 11.0 Å². The number of pyridine rings is 2. The van der Waals surface area contributed by atoms with Gasteiger partial charge in [-0.3, -0.25) is 0 Å². The Morgan fingerprint density at radius 2 is 1.79 bits per heavy atom. The molecule has 3 aromatic rings. The molecule has 6 rings (SSSR count). The first-order valence-corrected chi connectivity index (χ1v) is 13.4. The van der Waals surface area contributed by atoms with E-state index in [-0.39, 0.29) is 6.10 Å². The topological polar surface area (TPSA) is 102 Å². The second-order valence-electron chi connectivity index (χ2n) is 10.9. The molecule has 0 saturated carbocycles. The van der Waals surface area contributed by atoms with E-state index in [1.54, 1.807) is 6.20 Å². The fourth-order valence-corrected chi connectivity index (χ4v) is 5.30. The van der Waals surface area contributed by atoms with E-state index in [2.05, 4.69) is 15.3 Å². The highest BCUT2D eigenvalue weighted by molar-refractivity contribution is 5.91. The van der Waals surface area contributed by atoms with Crippen LogP contribution in [0, 0.1) is 6.92 Å². The predicted octanol–water partition coefficient (Wildman–Crippen LogP) is 4.86. The van der Waals surface area contributed by atoms with Crippen LogP contribution in [0.4, 0.5) is 11.4 Å². The standard InChI is InChI=1S/C29H35N3O7/c1-7-33-21-14-19-20(12-13-30-26(19)31-16(21)2)32-17-8-10-18(11-9-17)35-24-23(22-15-34-28(3,4)37-22)36-27-25(24)38-29(5,6)39-27/h8-14,22-25,27H,7,15H2,1-6H3,(H,30,31,32)/t22-,23-,24+,25-,27?/m1/s1. The molecular weight excluding hydrogens is 502 g/mol. The molecule has 2 aromatic heterocycles. The monoisotopic (exact) mass is 537 g/mol. The molecule has 0 radical (unpaired) electrons. The lowest BCUT2D eigenvalue weighted by molar-refractivity contribution is -0.230. The average Bonchev–Trinajstić information content (AvgIpc) is 3.50. The number of nitrogens with zero attached hydrogens (tertiary/aromatic N) is 2. The van der Waals surface area contributed by atoms with Gasteiger partial charge in [-0.05, 0) is 77.9 Å². The first-order chi connectivity index (χ1) is 18.6. The van der Waals surface area contributed by atoms with Crippen molar-refractivity contribution in [2.75, 3.05) is 18.5 Å². The normalized spacial score (nSPS) is 28.9. The molecule has 3 aliphatic rings. The summed E-state index contributed by atoms with van der Waals surface area (Å²) in [5, 5.41) is 4.35. The van der Waals surface area contributed by atoms with E-state index in [1.165, 1.54) is 0 Å². The van der Waals surface area contributed by atoms with Gasteiger partial charge in [-0.25, -0.2) is 9.97 Å². The molecule has 1 aromatic carbocycles. The number of aromatic nitrogens is 2. The Labute approximate surface area is 227 Å². The largest absolute Gasteiger partial charge is 0.492 e. The minimum Gasteiger partial charge on any atom is -0.492 e. The summed E-state index contributed by atoms with van der Waals surface area (Å²) in [4.78, 5) is 9.03. The van der Waals surface area contributed by atoms with Gasteiger partial charge in [-0.15, -0.1) is 0 Å². The summed E-state index contributed by atoms with van der Waals surface area (Å²) < 4.78 is 42.5. The lowest BCUT2D eigenvalue weighted by Gasteiger charge is -2.29. The van der Waals surface area contributed by atoms with E-state index in [1.807, 2.05) is 77.9 Å². The number of nitrogens with one attached hydrogen (secondary N) is 1. The quantitative estimate of drug-likeness (QED) is 0.450. The predicted molar refractivity (Wildman–Crippen MR) is 143 cm³/mol. The van der Waals surface area contributed by atoms with Crippen LogP contribution in [0.3, 0.4) is 0 Å². The third kappa shape index (κ3) is 5.27. The number of fused-ring (bicyclic) bond motifs is 2. The zero-order chi connectivity index (χ0) is 27.4. The second kappa shape index (κ2) is 9.87. The molecule has 1 N–H and O–H groups in total. The van der Waals surface area contributed by atoms with Gasteiger partial charge in [0.1, 0.15) is 23.7 Å². The summed E-state index contributed by atoms with van der Waals surface area (Å²) in [6.07, 6.45) is -0.336. The van der Waals surface area contributed by atoms with Crippen LogP contribution < -0.4 is 14.8 Å². The van der Waals surface area contributed by atoms with E-state index < -0.39 is 36.2 Å². The molecule has 0 bridgehead atoms. The second-order valence-corrected chi connectivity index (χ2v) is 10.9. The maximum Gasteiger partial charge on any atom is 0.191 e. The van der Waals surface area contributed by atoms with Crippen LogP contribution in [0.1, 0.15) is 40.3 Å². The van der Waals surface area contributed by atoms with Crippen molar-refractivity contribution in [3.63, 3.8) is 0 Å². The fraction of sp³-hybridized carbons (Fsp3) is 0.517. The summed E-state index contributed by atoms with van der Waals surface area (Å²) in [7, 11) is 0. The molecule has 3 aliphatic heterocycles. The molecular formula is C29H35N3O7. The van der Waals surface area contributed by atoms with Crippen molar-refractivity contribution in [3.8, 4) is 11.5 Å². The van der Waals surface area contributed by atoms with Crippen LogP contribution in [0.5, 0.6) is 11.5 Å². The number of aryl methyl sites for hydroxylation is 1. The highest BCUT2D eigenvalue weighted by atomic mass is 16.8. The molecule has 39 heavy (non-hydrogen) atoms. The van der Waals surface area contributed by atoms with Gasteiger partial charge < -0.3 is 38.5 Å². The van der Waals surface area contributed by atoms with E-state index >= 15 is 0 Å². The lowest BCUT2D eigenvalue weighted by atomic mass is 10.1. The van der Waals surface area contributed by atoms with E-state index in [0.29, 0.717) is 24.6 Å². The summed E-state index contributed by atoms with van der Waals surface area (Å²) in [5.74, 6) is -0.0102. The van der Waals surface area contributed by atoms with Gasteiger partial charge in [0.15, 0.2) is 35.7 Å². The van der Waals surface area contributed by atoms with Crippen molar-refractivity contribution >= 4 is 22.4 Å². The summed E-state index contributed by atoms with van der Waals surface area (Å²) >= 11 is 0. The molecule has 3 fully saturated rings. The molecule has 10 heteroatoms. The van der Waals surface area contributed by atoms with Gasteiger partial charge in [-0.2, -0.15) is 0 Å². The fourth-order valence-electron chi connectivity index (χ4n) is 5.30. The Kier molecular flexibility index (Phi) is 6.63. The molecule has 0 spiro atoms. The molecule has 208 valence electrons. The Balaban J connectivity index is 1.21. The third-order valence-electron chi connectivity index (χ3n) is 7.00. The molecule has 0 amide bonds. The Hall–Kier alpha value is -3.02. The van der Waals surface area contributed by atoms with Crippen molar-refractivity contribution in [2.45, 2.75) is 83.8 Å². The van der Waals surface area contributed by atoms with Crippen LogP contribution >= 0.6 is 0 Å². The van der Waals surface area contributed by atoms with E-state index in [4.69, 9.17) is 33.2 Å². The van der Waals surface area contributed by atoms with Gasteiger partial charge in [0, 0.05) is 17.3 Å². The first kappa shape index (κ1) is 26.2. The first-order valence-electron chi connectivity index (χ1n) is 13.4. The zero-order valence-corrected chi connectivity index (χ0v) is 23.1. The van der Waals surface area contributed by atoms with Crippen molar-refractivity contribution in [2.24, 2.45) is 0 Å². The number of rotatable bonds is 7. The van der Waals surface area contributed by atoms with Crippen molar-refractivity contribution in [1.29, 1.82) is 0 Å². The minimum absolute atomic E-state index is 0.300. The number of hydrogen-bond donors (Lipinski definition) is 1. The summed E-state index contributed by atoms with van der Waals surface area (Å²) in [6.45, 7) is 12.4. The van der Waals surface area contributed by atoms with Crippen molar-refractivity contribution < 1.29 is 33.2 Å². The number of ether oxygens (including phenoxy) is 7. The van der Waals surface area contributed by atoms with Gasteiger partial charge in [0.2, 0.25) is 0 Å². The average molecular weight is 538 g/mol. The van der Waals surface area contributed by atoms with Crippen molar-refractivity contribution in [3.05, 3.63) is 48.3 Å². The van der Waals surface area contributed by atoms with E-state index in [9.17, 15) is 0 Å². The lowest BCUT2D eigenvalue weighted by Crippen LogP contribution is -2.45. The van der Waals surface area contributed by atoms with Crippen molar-refractivity contribution in [1.82, 2.24) is 9.97 Å². The Bertz CT molecular complexity index is 1350. The molecule has 10 nitrogen and oxygen atoms in total. The zero-order valence-electron chi connectivity index (χ0n) is 23.1. The number of hydrogen-bond acceptors (Lipinski definition) is 10. The van der Waals surface area contributed by atoms with Crippen LogP contribution in [0.2, 0.25) is 0 Å². The molecule has 1 unspecified atom stereocenters. The Morgan fingerprint density at radius 1 is 1.00 bits per heavy atom. The third-order valence-corrected chi connectivity index (χ3v) is 7.00. The van der Waals surface area contributed by atoms with E-state index in [0.717, 1.165) is 28.2 Å². The van der Waals surface area contributed by atoms with Gasteiger partial charge >= 0.3 is 0 Å². The maximum atomic E-state index is 6.48. The molecule has 3 saturated heterocycles. The highest BCUT2D eigenvalue weighted by Gasteiger charge is 2.59. The van der Waals surface area contributed by atoms with Gasteiger partial charge in [0.05, 0.1) is 24.6 Å².